The number of carbonyl (C=O) groups is 1. The van der Waals surface area contributed by atoms with Crippen molar-refractivity contribution in [3.05, 3.63) is 65.0 Å². The van der Waals surface area contributed by atoms with Gasteiger partial charge in [-0.25, -0.2) is 14.7 Å². The van der Waals surface area contributed by atoms with Gasteiger partial charge in [0.2, 0.25) is 0 Å². The second-order valence-corrected chi connectivity index (χ2v) is 6.40. The molecular weight excluding hydrogens is 400 g/mol. The molecule has 3 rings (SSSR count). The Hall–Kier alpha value is -2.18. The molecule has 2 N–H and O–H groups in total. The molecule has 3 aromatic rings. The third kappa shape index (κ3) is 4.27. The minimum absolute atomic E-state index is 0. The standard InChI is InChI=1S/C19H18N2O2S.BrH/c1-3-21-17(14-6-4-13(2)5-7-14)12-24-19(21)20-16-10-8-15(9-11-16)18(22)23;/h4-12H,3H2,1-2H3,(H,22,23);1H. The summed E-state index contributed by atoms with van der Waals surface area (Å²) < 4.78 is 2.22. The number of carboxylic acids is 1. The van der Waals surface area contributed by atoms with Crippen molar-refractivity contribution < 1.29 is 31.4 Å². The molecule has 0 amide bonds. The van der Waals surface area contributed by atoms with Crippen LogP contribution in [-0.2, 0) is 6.54 Å². The number of benzene rings is 2. The monoisotopic (exact) mass is 418 g/mol. The summed E-state index contributed by atoms with van der Waals surface area (Å²) in [4.78, 5) is 10.9. The van der Waals surface area contributed by atoms with E-state index in [9.17, 15) is 4.79 Å². The quantitative estimate of drug-likeness (QED) is 0.617. The van der Waals surface area contributed by atoms with Crippen LogP contribution in [0.4, 0.5) is 10.8 Å². The highest BCUT2D eigenvalue weighted by atomic mass is 79.9. The largest absolute Gasteiger partial charge is 1.00 e. The smallest absolute Gasteiger partial charge is 0.339 e. The van der Waals surface area contributed by atoms with Crippen molar-refractivity contribution in [2.75, 3.05) is 5.32 Å². The average Bonchev–Trinajstić information content (AvgIpc) is 2.98. The molecule has 0 radical (unpaired) electrons. The number of aryl methyl sites for hydroxylation is 1. The highest BCUT2D eigenvalue weighted by molar-refractivity contribution is 7.13. The van der Waals surface area contributed by atoms with Crippen LogP contribution < -0.4 is 26.9 Å². The first-order valence-corrected chi connectivity index (χ1v) is 8.65. The van der Waals surface area contributed by atoms with Crippen LogP contribution in [0.1, 0.15) is 22.8 Å². The van der Waals surface area contributed by atoms with Gasteiger partial charge in [0.25, 0.3) is 0 Å². The number of hydrogen-bond acceptors (Lipinski definition) is 3. The molecule has 1 heterocycles. The van der Waals surface area contributed by atoms with Crippen molar-refractivity contribution in [3.63, 3.8) is 0 Å². The van der Waals surface area contributed by atoms with Crippen molar-refractivity contribution in [3.8, 4) is 11.3 Å². The number of aromatic nitrogens is 1. The summed E-state index contributed by atoms with van der Waals surface area (Å²) in [5, 5.41) is 15.5. The van der Waals surface area contributed by atoms with E-state index in [2.05, 4.69) is 53.4 Å². The van der Waals surface area contributed by atoms with Crippen LogP contribution in [0.2, 0.25) is 0 Å². The molecule has 0 saturated carbocycles. The summed E-state index contributed by atoms with van der Waals surface area (Å²) in [6.45, 7) is 5.05. The number of rotatable bonds is 5. The third-order valence-corrected chi connectivity index (χ3v) is 4.75. The lowest BCUT2D eigenvalue weighted by Crippen LogP contribution is -3.00. The van der Waals surface area contributed by atoms with Crippen molar-refractivity contribution in [2.45, 2.75) is 20.4 Å². The second-order valence-electron chi connectivity index (χ2n) is 5.54. The first kappa shape index (κ1) is 19.1. The van der Waals surface area contributed by atoms with Crippen molar-refractivity contribution in [1.82, 2.24) is 0 Å². The minimum Gasteiger partial charge on any atom is -1.00 e. The van der Waals surface area contributed by atoms with Crippen molar-refractivity contribution in [2.24, 2.45) is 0 Å². The van der Waals surface area contributed by atoms with Crippen LogP contribution in [0.15, 0.2) is 53.9 Å². The normalized spacial score (nSPS) is 10.2. The predicted molar refractivity (Wildman–Crippen MR) is 97.0 cm³/mol. The zero-order valence-electron chi connectivity index (χ0n) is 14.0. The van der Waals surface area contributed by atoms with Gasteiger partial charge in [-0.15, -0.1) is 0 Å². The lowest BCUT2D eigenvalue weighted by molar-refractivity contribution is -0.664. The second kappa shape index (κ2) is 8.27. The van der Waals surface area contributed by atoms with E-state index in [0.29, 0.717) is 0 Å². The fourth-order valence-electron chi connectivity index (χ4n) is 2.53. The van der Waals surface area contributed by atoms with Crippen molar-refractivity contribution in [1.29, 1.82) is 0 Å². The Kier molecular flexibility index (Phi) is 6.33. The maximum Gasteiger partial charge on any atom is 0.339 e. The fraction of sp³-hybridized carbons (Fsp3) is 0.158. The molecule has 6 heteroatoms. The Morgan fingerprint density at radius 2 is 1.76 bits per heavy atom. The first-order valence-electron chi connectivity index (χ1n) is 7.77. The lowest BCUT2D eigenvalue weighted by Gasteiger charge is -2.04. The van der Waals surface area contributed by atoms with Crippen LogP contribution in [0.5, 0.6) is 0 Å². The zero-order chi connectivity index (χ0) is 17.1. The number of nitrogens with one attached hydrogen (secondary N) is 1. The van der Waals surface area contributed by atoms with Gasteiger partial charge in [0, 0.05) is 10.9 Å². The molecular formula is C19H19BrN2O2S. The lowest BCUT2D eigenvalue weighted by atomic mass is 10.1. The fourth-order valence-corrected chi connectivity index (χ4v) is 3.55. The molecule has 4 nitrogen and oxygen atoms in total. The molecule has 0 bridgehead atoms. The summed E-state index contributed by atoms with van der Waals surface area (Å²) in [5.74, 6) is -0.914. The van der Waals surface area contributed by atoms with Crippen LogP contribution in [0.25, 0.3) is 11.3 Å². The van der Waals surface area contributed by atoms with Crippen LogP contribution in [0.3, 0.4) is 0 Å². The first-order chi connectivity index (χ1) is 11.6. The molecule has 0 aliphatic heterocycles. The molecule has 0 unspecified atom stereocenters. The number of aromatic carboxylic acids is 1. The maximum atomic E-state index is 10.9. The van der Waals surface area contributed by atoms with Gasteiger partial charge >= 0.3 is 11.1 Å². The van der Waals surface area contributed by atoms with Gasteiger partial charge < -0.3 is 22.1 Å². The number of thiazole rings is 1. The van der Waals surface area contributed by atoms with Gasteiger partial charge in [0.15, 0.2) is 0 Å². The zero-order valence-corrected chi connectivity index (χ0v) is 16.4. The Morgan fingerprint density at radius 3 is 2.32 bits per heavy atom. The molecule has 130 valence electrons. The average molecular weight is 419 g/mol. The Labute approximate surface area is 161 Å². The minimum atomic E-state index is -0.914. The van der Waals surface area contributed by atoms with Gasteiger partial charge in [0.05, 0.1) is 12.1 Å². The Morgan fingerprint density at radius 1 is 1.12 bits per heavy atom. The van der Waals surface area contributed by atoms with Crippen LogP contribution in [-0.4, -0.2) is 11.1 Å². The summed E-state index contributed by atoms with van der Waals surface area (Å²) >= 11 is 1.64. The summed E-state index contributed by atoms with van der Waals surface area (Å²) in [6, 6.07) is 15.3. The van der Waals surface area contributed by atoms with E-state index in [-0.39, 0.29) is 22.5 Å². The van der Waals surface area contributed by atoms with E-state index in [1.807, 2.05) is 0 Å². The summed E-state index contributed by atoms with van der Waals surface area (Å²) in [7, 11) is 0. The number of nitrogens with zero attached hydrogens (tertiary/aromatic N) is 1. The predicted octanol–water partition coefficient (Wildman–Crippen LogP) is 1.48. The molecule has 0 fully saturated rings. The van der Waals surface area contributed by atoms with Crippen LogP contribution in [0, 0.1) is 6.92 Å². The number of hydrogen-bond donors (Lipinski definition) is 2. The van der Waals surface area contributed by atoms with E-state index >= 15 is 0 Å². The van der Waals surface area contributed by atoms with Gasteiger partial charge in [-0.05, 0) is 38.1 Å². The molecule has 0 saturated heterocycles. The van der Waals surface area contributed by atoms with E-state index in [1.165, 1.54) is 16.8 Å². The molecule has 25 heavy (non-hydrogen) atoms. The third-order valence-electron chi connectivity index (χ3n) is 3.86. The number of anilines is 2. The van der Waals surface area contributed by atoms with E-state index in [1.54, 1.807) is 35.6 Å². The highest BCUT2D eigenvalue weighted by Crippen LogP contribution is 2.26. The highest BCUT2D eigenvalue weighted by Gasteiger charge is 2.18. The maximum absolute atomic E-state index is 10.9. The summed E-state index contributed by atoms with van der Waals surface area (Å²) in [6.07, 6.45) is 0. The van der Waals surface area contributed by atoms with E-state index in [4.69, 9.17) is 5.11 Å². The molecule has 0 aliphatic rings. The van der Waals surface area contributed by atoms with Gasteiger partial charge in [-0.2, -0.15) is 0 Å². The van der Waals surface area contributed by atoms with Crippen LogP contribution >= 0.6 is 11.3 Å². The molecule has 2 aromatic carbocycles. The number of carboxylic acid groups (broad SMARTS) is 1. The van der Waals surface area contributed by atoms with E-state index in [0.717, 1.165) is 17.4 Å². The van der Waals surface area contributed by atoms with Gasteiger partial charge in [-0.3, -0.25) is 0 Å². The topological polar surface area (TPSA) is 53.2 Å². The van der Waals surface area contributed by atoms with Gasteiger partial charge in [0.1, 0.15) is 11.4 Å². The molecule has 0 spiro atoms. The Bertz CT molecular complexity index is 858. The Balaban J connectivity index is 0.00000225. The molecule has 0 atom stereocenters. The van der Waals surface area contributed by atoms with Crippen molar-refractivity contribution >= 4 is 28.1 Å². The number of halogens is 1. The van der Waals surface area contributed by atoms with E-state index < -0.39 is 5.97 Å². The van der Waals surface area contributed by atoms with Gasteiger partial charge in [-0.1, -0.05) is 41.2 Å². The summed E-state index contributed by atoms with van der Waals surface area (Å²) in [5.41, 5.74) is 4.77. The molecule has 0 aliphatic carbocycles. The molecule has 1 aromatic heterocycles. The SMILES string of the molecule is CC[n+]1c(-c2ccc(C)cc2)csc1Nc1ccc(C(=O)O)cc1.[Br-].